The van der Waals surface area contributed by atoms with Gasteiger partial charge in [0.2, 0.25) is 17.6 Å². The van der Waals surface area contributed by atoms with Crippen molar-refractivity contribution in [2.75, 3.05) is 13.2 Å². The van der Waals surface area contributed by atoms with Crippen LogP contribution in [0.2, 0.25) is 0 Å². The average Bonchev–Trinajstić information content (AvgIpc) is 2.66. The Balaban J connectivity index is 1.75. The zero-order valence-electron chi connectivity index (χ0n) is 14.1. The van der Waals surface area contributed by atoms with Crippen LogP contribution in [0, 0.1) is 6.92 Å². The molecule has 0 atom stereocenters. The van der Waals surface area contributed by atoms with E-state index >= 15 is 0 Å². The molecule has 8 heteroatoms. The molecule has 2 aromatic heterocycles. The third-order valence-corrected chi connectivity index (χ3v) is 3.45. The van der Waals surface area contributed by atoms with Gasteiger partial charge in [0.15, 0.2) is 0 Å². The number of aromatic nitrogens is 4. The maximum atomic E-state index is 11.4. The molecule has 0 aliphatic carbocycles. The molecule has 0 radical (unpaired) electrons. The van der Waals surface area contributed by atoms with E-state index in [1.807, 2.05) is 31.2 Å². The number of rotatable bonds is 7. The van der Waals surface area contributed by atoms with Gasteiger partial charge < -0.3 is 15.2 Å². The van der Waals surface area contributed by atoms with Gasteiger partial charge in [0.05, 0.1) is 11.8 Å². The molecule has 0 spiro atoms. The van der Waals surface area contributed by atoms with Crippen molar-refractivity contribution in [3.63, 3.8) is 0 Å². The lowest BCUT2D eigenvalue weighted by Crippen LogP contribution is -2.17. The minimum absolute atomic E-state index is 0.106. The standard InChI is InChI=1S/C18H17N5O3/c1-12-2-4-13(5-3-12)14-10-22-17(16(19)24)23-18(14)26-9-8-25-15-11-20-6-7-21-15/h2-7,10-11H,8-9H2,1H3,(H2,19,24). The highest BCUT2D eigenvalue weighted by Gasteiger charge is 2.14. The van der Waals surface area contributed by atoms with E-state index in [2.05, 4.69) is 19.9 Å². The molecule has 3 rings (SSSR count). The van der Waals surface area contributed by atoms with Gasteiger partial charge in [-0.15, -0.1) is 0 Å². The molecule has 0 saturated carbocycles. The number of nitrogens with two attached hydrogens (primary N) is 1. The summed E-state index contributed by atoms with van der Waals surface area (Å²) in [6, 6.07) is 7.80. The molecule has 132 valence electrons. The Labute approximate surface area is 150 Å². The number of carbonyl (C=O) groups is 1. The van der Waals surface area contributed by atoms with Crippen LogP contribution in [0.3, 0.4) is 0 Å². The lowest BCUT2D eigenvalue weighted by Gasteiger charge is -2.11. The summed E-state index contributed by atoms with van der Waals surface area (Å²) in [4.78, 5) is 27.4. The van der Waals surface area contributed by atoms with E-state index in [1.54, 1.807) is 6.20 Å². The molecule has 0 saturated heterocycles. The van der Waals surface area contributed by atoms with Crippen molar-refractivity contribution >= 4 is 5.91 Å². The average molecular weight is 351 g/mol. The molecule has 2 heterocycles. The van der Waals surface area contributed by atoms with Crippen LogP contribution in [0.1, 0.15) is 16.2 Å². The predicted molar refractivity (Wildman–Crippen MR) is 93.7 cm³/mol. The first-order valence-electron chi connectivity index (χ1n) is 7.89. The van der Waals surface area contributed by atoms with Crippen molar-refractivity contribution in [3.8, 4) is 22.9 Å². The summed E-state index contributed by atoms with van der Waals surface area (Å²) < 4.78 is 11.1. The number of hydrogen-bond acceptors (Lipinski definition) is 7. The summed E-state index contributed by atoms with van der Waals surface area (Å²) in [5.74, 6) is -0.164. The molecule has 0 unspecified atom stereocenters. The highest BCUT2D eigenvalue weighted by atomic mass is 16.5. The number of amides is 1. The van der Waals surface area contributed by atoms with Crippen LogP contribution in [-0.4, -0.2) is 39.1 Å². The van der Waals surface area contributed by atoms with Crippen LogP contribution in [-0.2, 0) is 0 Å². The molecular formula is C18H17N5O3. The van der Waals surface area contributed by atoms with E-state index in [9.17, 15) is 4.79 Å². The second kappa shape index (κ2) is 8.02. The molecule has 1 amide bonds. The maximum absolute atomic E-state index is 11.4. The fourth-order valence-corrected chi connectivity index (χ4v) is 2.17. The van der Waals surface area contributed by atoms with E-state index in [1.165, 1.54) is 18.6 Å². The molecule has 8 nitrogen and oxygen atoms in total. The highest BCUT2D eigenvalue weighted by Crippen LogP contribution is 2.27. The van der Waals surface area contributed by atoms with Crippen molar-refractivity contribution in [2.24, 2.45) is 5.73 Å². The number of primary amides is 1. The topological polar surface area (TPSA) is 113 Å². The fraction of sp³-hybridized carbons (Fsp3) is 0.167. The molecule has 0 aliphatic heterocycles. The third-order valence-electron chi connectivity index (χ3n) is 3.45. The minimum Gasteiger partial charge on any atom is -0.474 e. The molecule has 0 fully saturated rings. The van der Waals surface area contributed by atoms with Gasteiger partial charge in [-0.25, -0.2) is 9.97 Å². The Hall–Kier alpha value is -3.55. The number of ether oxygens (including phenoxy) is 2. The van der Waals surface area contributed by atoms with Gasteiger partial charge in [-0.05, 0) is 12.5 Å². The largest absolute Gasteiger partial charge is 0.474 e. The normalized spacial score (nSPS) is 10.3. The van der Waals surface area contributed by atoms with Crippen molar-refractivity contribution in [1.29, 1.82) is 0 Å². The molecule has 26 heavy (non-hydrogen) atoms. The van der Waals surface area contributed by atoms with Gasteiger partial charge in [0.25, 0.3) is 5.91 Å². The van der Waals surface area contributed by atoms with Gasteiger partial charge in [-0.1, -0.05) is 29.8 Å². The van der Waals surface area contributed by atoms with E-state index in [0.717, 1.165) is 11.1 Å². The van der Waals surface area contributed by atoms with Crippen LogP contribution in [0.25, 0.3) is 11.1 Å². The first-order chi connectivity index (χ1) is 12.6. The number of hydrogen-bond donors (Lipinski definition) is 1. The summed E-state index contributed by atoms with van der Waals surface area (Å²) in [5, 5.41) is 0. The summed E-state index contributed by atoms with van der Waals surface area (Å²) in [7, 11) is 0. The summed E-state index contributed by atoms with van der Waals surface area (Å²) in [6.45, 7) is 2.43. The monoisotopic (exact) mass is 351 g/mol. The van der Waals surface area contributed by atoms with Crippen LogP contribution in [0.4, 0.5) is 0 Å². The van der Waals surface area contributed by atoms with Crippen LogP contribution >= 0.6 is 0 Å². The lowest BCUT2D eigenvalue weighted by atomic mass is 10.1. The molecule has 0 aliphatic rings. The smallest absolute Gasteiger partial charge is 0.286 e. The van der Waals surface area contributed by atoms with E-state index < -0.39 is 5.91 Å². The van der Waals surface area contributed by atoms with Crippen molar-refractivity contribution in [3.05, 3.63) is 60.4 Å². The summed E-state index contributed by atoms with van der Waals surface area (Å²) >= 11 is 0. The van der Waals surface area contributed by atoms with E-state index in [0.29, 0.717) is 11.4 Å². The van der Waals surface area contributed by atoms with Gasteiger partial charge >= 0.3 is 0 Å². The minimum atomic E-state index is -0.721. The number of nitrogens with zero attached hydrogens (tertiary/aromatic N) is 4. The van der Waals surface area contributed by atoms with Crippen molar-refractivity contribution in [1.82, 2.24) is 19.9 Å². The molecule has 0 bridgehead atoms. The number of benzene rings is 1. The summed E-state index contributed by atoms with van der Waals surface area (Å²) in [6.07, 6.45) is 6.13. The molecule has 1 aromatic carbocycles. The van der Waals surface area contributed by atoms with Crippen molar-refractivity contribution in [2.45, 2.75) is 6.92 Å². The molecule has 2 N–H and O–H groups in total. The molecule has 3 aromatic rings. The predicted octanol–water partition coefficient (Wildman–Crippen LogP) is 1.80. The first-order valence-corrected chi connectivity index (χ1v) is 7.89. The molecular weight excluding hydrogens is 334 g/mol. The second-order valence-corrected chi connectivity index (χ2v) is 5.38. The zero-order chi connectivity index (χ0) is 18.4. The fourth-order valence-electron chi connectivity index (χ4n) is 2.17. The van der Waals surface area contributed by atoms with Crippen LogP contribution in [0.15, 0.2) is 49.1 Å². The van der Waals surface area contributed by atoms with E-state index in [-0.39, 0.29) is 24.9 Å². The Bertz CT molecular complexity index is 885. The first kappa shape index (κ1) is 17.3. The number of carbonyl (C=O) groups excluding carboxylic acids is 1. The quantitative estimate of drug-likeness (QED) is 0.646. The Kier molecular flexibility index (Phi) is 5.33. The summed E-state index contributed by atoms with van der Waals surface area (Å²) in [5.41, 5.74) is 7.92. The Morgan fingerprint density at radius 1 is 1.04 bits per heavy atom. The second-order valence-electron chi connectivity index (χ2n) is 5.38. The van der Waals surface area contributed by atoms with Crippen molar-refractivity contribution < 1.29 is 14.3 Å². The van der Waals surface area contributed by atoms with Gasteiger partial charge in [-0.2, -0.15) is 4.98 Å². The SMILES string of the molecule is Cc1ccc(-c2cnc(C(N)=O)nc2OCCOc2cnccn2)cc1. The van der Waals surface area contributed by atoms with Gasteiger partial charge in [0.1, 0.15) is 13.2 Å². The van der Waals surface area contributed by atoms with Crippen LogP contribution in [0.5, 0.6) is 11.8 Å². The maximum Gasteiger partial charge on any atom is 0.286 e. The number of aryl methyl sites for hydroxylation is 1. The zero-order valence-corrected chi connectivity index (χ0v) is 14.1. The highest BCUT2D eigenvalue weighted by molar-refractivity contribution is 5.89. The Morgan fingerprint density at radius 2 is 1.81 bits per heavy atom. The van der Waals surface area contributed by atoms with E-state index in [4.69, 9.17) is 15.2 Å². The van der Waals surface area contributed by atoms with Gasteiger partial charge in [0, 0.05) is 18.6 Å². The van der Waals surface area contributed by atoms with Gasteiger partial charge in [-0.3, -0.25) is 9.78 Å². The lowest BCUT2D eigenvalue weighted by molar-refractivity contribution is 0.0989. The Morgan fingerprint density at radius 3 is 2.50 bits per heavy atom. The third kappa shape index (κ3) is 4.29. The van der Waals surface area contributed by atoms with Crippen LogP contribution < -0.4 is 15.2 Å².